The van der Waals surface area contributed by atoms with Crippen LogP contribution in [0.15, 0.2) is 36.9 Å². The van der Waals surface area contributed by atoms with E-state index in [1.807, 2.05) is 12.1 Å². The van der Waals surface area contributed by atoms with Crippen LogP contribution in [0.4, 0.5) is 8.78 Å². The van der Waals surface area contributed by atoms with Crippen LogP contribution in [0, 0.1) is 0 Å². The van der Waals surface area contributed by atoms with E-state index in [-0.39, 0.29) is 6.54 Å². The summed E-state index contributed by atoms with van der Waals surface area (Å²) in [6, 6.07) is 7.26. The Morgan fingerprint density at radius 1 is 1.33 bits per heavy atom. The fourth-order valence-corrected chi connectivity index (χ4v) is 1.31. The maximum Gasteiger partial charge on any atom is 0.265 e. The predicted octanol–water partition coefficient (Wildman–Crippen LogP) is 1.97. The summed E-state index contributed by atoms with van der Waals surface area (Å²) in [5.41, 5.74) is 0.933. The molecule has 1 unspecified atom stereocenters. The fourth-order valence-electron chi connectivity index (χ4n) is 1.31. The van der Waals surface area contributed by atoms with Crippen LogP contribution in [0.5, 0.6) is 5.75 Å². The maximum atomic E-state index is 12.0. The minimum atomic E-state index is -2.72. The number of nitrogens with one attached hydrogen (secondary N) is 1. The van der Waals surface area contributed by atoms with Crippen molar-refractivity contribution in [3.63, 3.8) is 0 Å². The fraction of sp³-hybridized carbons (Fsp3) is 0.385. The monoisotopic (exact) mass is 257 g/mol. The number of rotatable bonds is 8. The van der Waals surface area contributed by atoms with Gasteiger partial charge in [0.15, 0.2) is 0 Å². The molecule has 1 atom stereocenters. The Morgan fingerprint density at radius 2 is 2.00 bits per heavy atom. The Hall–Kier alpha value is -1.46. The van der Waals surface area contributed by atoms with Crippen molar-refractivity contribution in [1.82, 2.24) is 5.32 Å². The number of benzene rings is 1. The molecule has 0 heterocycles. The van der Waals surface area contributed by atoms with Crippen LogP contribution >= 0.6 is 0 Å². The second-order valence-corrected chi connectivity index (χ2v) is 3.78. The molecule has 0 aliphatic carbocycles. The van der Waals surface area contributed by atoms with Gasteiger partial charge in [0.05, 0.1) is 0 Å². The lowest BCUT2D eigenvalue weighted by molar-refractivity contribution is -0.00340. The van der Waals surface area contributed by atoms with Gasteiger partial charge in [0, 0.05) is 13.1 Å². The SMILES string of the molecule is C=CCOc1ccc(CNCC(O)C(F)F)cc1. The molecule has 3 nitrogen and oxygen atoms in total. The van der Waals surface area contributed by atoms with Gasteiger partial charge in [-0.1, -0.05) is 24.8 Å². The average molecular weight is 257 g/mol. The molecule has 0 bridgehead atoms. The molecule has 5 heteroatoms. The molecule has 18 heavy (non-hydrogen) atoms. The molecule has 0 aromatic heterocycles. The first kappa shape index (κ1) is 14.6. The van der Waals surface area contributed by atoms with E-state index < -0.39 is 12.5 Å². The van der Waals surface area contributed by atoms with Crippen LogP contribution < -0.4 is 10.1 Å². The van der Waals surface area contributed by atoms with E-state index in [0.717, 1.165) is 11.3 Å². The zero-order valence-corrected chi connectivity index (χ0v) is 9.98. The van der Waals surface area contributed by atoms with Gasteiger partial charge in [-0.15, -0.1) is 0 Å². The Balaban J connectivity index is 2.32. The van der Waals surface area contributed by atoms with Crippen molar-refractivity contribution in [2.75, 3.05) is 13.2 Å². The lowest BCUT2D eigenvalue weighted by Gasteiger charge is -2.11. The topological polar surface area (TPSA) is 41.5 Å². The summed E-state index contributed by atoms with van der Waals surface area (Å²) in [7, 11) is 0. The molecule has 1 aromatic rings. The molecule has 1 aromatic carbocycles. The van der Waals surface area contributed by atoms with E-state index in [4.69, 9.17) is 9.84 Å². The molecule has 0 saturated heterocycles. The summed E-state index contributed by atoms with van der Waals surface area (Å²) in [5, 5.41) is 11.7. The van der Waals surface area contributed by atoms with Gasteiger partial charge >= 0.3 is 0 Å². The third-order valence-corrected chi connectivity index (χ3v) is 2.26. The standard InChI is InChI=1S/C13H17F2NO2/c1-2-7-18-11-5-3-10(4-6-11)8-16-9-12(17)13(14)15/h2-6,12-13,16-17H,1,7-9H2. The highest BCUT2D eigenvalue weighted by molar-refractivity contribution is 5.27. The molecular weight excluding hydrogens is 240 g/mol. The van der Waals surface area contributed by atoms with E-state index >= 15 is 0 Å². The van der Waals surface area contributed by atoms with Crippen LogP contribution in [0.3, 0.4) is 0 Å². The minimum Gasteiger partial charge on any atom is -0.490 e. The van der Waals surface area contributed by atoms with Crippen LogP contribution in [-0.4, -0.2) is 30.8 Å². The van der Waals surface area contributed by atoms with Gasteiger partial charge in [0.2, 0.25) is 0 Å². The normalized spacial score (nSPS) is 12.4. The highest BCUT2D eigenvalue weighted by Gasteiger charge is 2.15. The number of alkyl halides is 2. The molecule has 0 amide bonds. The quantitative estimate of drug-likeness (QED) is 0.700. The van der Waals surface area contributed by atoms with Crippen LogP contribution in [-0.2, 0) is 6.54 Å². The number of halogens is 2. The van der Waals surface area contributed by atoms with Gasteiger partial charge in [0.25, 0.3) is 6.43 Å². The number of hydrogen-bond acceptors (Lipinski definition) is 3. The summed E-state index contributed by atoms with van der Waals surface area (Å²) < 4.78 is 29.3. The van der Waals surface area contributed by atoms with Crippen molar-refractivity contribution in [1.29, 1.82) is 0 Å². The Labute approximate surface area is 105 Å². The van der Waals surface area contributed by atoms with Crippen molar-refractivity contribution in [2.24, 2.45) is 0 Å². The Bertz CT molecular complexity index is 355. The second-order valence-electron chi connectivity index (χ2n) is 3.78. The Morgan fingerprint density at radius 3 is 2.56 bits per heavy atom. The molecule has 1 rings (SSSR count). The van der Waals surface area contributed by atoms with Gasteiger partial charge in [-0.05, 0) is 17.7 Å². The second kappa shape index (κ2) is 7.79. The van der Waals surface area contributed by atoms with E-state index in [2.05, 4.69) is 11.9 Å². The van der Waals surface area contributed by atoms with E-state index in [1.165, 1.54) is 0 Å². The molecule has 0 aliphatic heterocycles. The third kappa shape index (κ3) is 5.25. The average Bonchev–Trinajstić information content (AvgIpc) is 2.37. The van der Waals surface area contributed by atoms with Crippen LogP contribution in [0.1, 0.15) is 5.56 Å². The molecular formula is C13H17F2NO2. The number of aliphatic hydroxyl groups excluding tert-OH is 1. The first-order valence-corrected chi connectivity index (χ1v) is 5.63. The highest BCUT2D eigenvalue weighted by Crippen LogP contribution is 2.12. The number of hydrogen-bond donors (Lipinski definition) is 2. The van der Waals surface area contributed by atoms with Crippen LogP contribution in [0.2, 0.25) is 0 Å². The first-order chi connectivity index (χ1) is 8.63. The van der Waals surface area contributed by atoms with E-state index in [9.17, 15) is 8.78 Å². The summed E-state index contributed by atoms with van der Waals surface area (Å²) in [5.74, 6) is 0.728. The molecule has 0 fully saturated rings. The highest BCUT2D eigenvalue weighted by atomic mass is 19.3. The summed E-state index contributed by atoms with van der Waals surface area (Å²) in [6.07, 6.45) is -2.69. The van der Waals surface area contributed by atoms with Gasteiger partial charge < -0.3 is 15.2 Å². The number of aliphatic hydroxyl groups is 1. The maximum absolute atomic E-state index is 12.0. The molecule has 0 saturated carbocycles. The zero-order chi connectivity index (χ0) is 13.4. The summed E-state index contributed by atoms with van der Waals surface area (Å²) >= 11 is 0. The third-order valence-electron chi connectivity index (χ3n) is 2.26. The summed E-state index contributed by atoms with van der Waals surface area (Å²) in [4.78, 5) is 0. The van der Waals surface area contributed by atoms with Crippen molar-refractivity contribution in [3.8, 4) is 5.75 Å². The molecule has 2 N–H and O–H groups in total. The van der Waals surface area contributed by atoms with Crippen LogP contribution in [0.25, 0.3) is 0 Å². The molecule has 0 aliphatic rings. The van der Waals surface area contributed by atoms with Gasteiger partial charge in [0.1, 0.15) is 18.5 Å². The molecule has 0 radical (unpaired) electrons. The predicted molar refractivity (Wildman–Crippen MR) is 65.9 cm³/mol. The lowest BCUT2D eigenvalue weighted by atomic mass is 10.2. The van der Waals surface area contributed by atoms with Gasteiger partial charge in [-0.2, -0.15) is 0 Å². The number of ether oxygens (including phenoxy) is 1. The molecule has 100 valence electrons. The van der Waals surface area contributed by atoms with Crippen molar-refractivity contribution in [2.45, 2.75) is 19.1 Å². The first-order valence-electron chi connectivity index (χ1n) is 5.63. The van der Waals surface area contributed by atoms with Crippen molar-refractivity contribution < 1.29 is 18.6 Å². The van der Waals surface area contributed by atoms with Gasteiger partial charge in [-0.25, -0.2) is 8.78 Å². The lowest BCUT2D eigenvalue weighted by Crippen LogP contribution is -2.31. The van der Waals surface area contributed by atoms with E-state index in [1.54, 1.807) is 18.2 Å². The smallest absolute Gasteiger partial charge is 0.265 e. The zero-order valence-electron chi connectivity index (χ0n) is 9.98. The minimum absolute atomic E-state index is 0.133. The summed E-state index contributed by atoms with van der Waals surface area (Å²) in [6.45, 7) is 4.28. The largest absolute Gasteiger partial charge is 0.490 e. The Kier molecular flexibility index (Phi) is 6.32. The molecule has 0 spiro atoms. The van der Waals surface area contributed by atoms with Crippen molar-refractivity contribution in [3.05, 3.63) is 42.5 Å². The van der Waals surface area contributed by atoms with E-state index in [0.29, 0.717) is 13.2 Å². The van der Waals surface area contributed by atoms with Gasteiger partial charge in [-0.3, -0.25) is 0 Å². The van der Waals surface area contributed by atoms with Crippen molar-refractivity contribution >= 4 is 0 Å².